The second-order valence-corrected chi connectivity index (χ2v) is 18.5. The Hall–Kier alpha value is -9.58. The van der Waals surface area contributed by atoms with E-state index in [0.717, 1.165) is 66.4 Å². The predicted octanol–water partition coefficient (Wildman–Crippen LogP) is 17.1. The Kier molecular flexibility index (Phi) is 8.59. The zero-order chi connectivity index (χ0) is 46.6. The highest BCUT2D eigenvalue weighted by molar-refractivity contribution is 6.29. The van der Waals surface area contributed by atoms with E-state index < -0.39 is 0 Å². The van der Waals surface area contributed by atoms with E-state index >= 15 is 0 Å². The topological polar surface area (TPSA) is 40.6 Å². The van der Waals surface area contributed by atoms with Crippen LogP contribution in [-0.2, 0) is 0 Å². The van der Waals surface area contributed by atoms with Crippen LogP contribution in [0.5, 0.6) is 0 Å². The van der Waals surface area contributed by atoms with Gasteiger partial charge in [0.05, 0.1) is 44.3 Å². The molecule has 330 valence electrons. The molecule has 5 nitrogen and oxygen atoms in total. The van der Waals surface area contributed by atoms with Crippen molar-refractivity contribution in [3.05, 3.63) is 249 Å². The molecular formula is C66H41N5. The fraction of sp³-hybridized carbons (Fsp3) is 0. The van der Waals surface area contributed by atoms with Crippen LogP contribution < -0.4 is 0 Å². The molecule has 0 radical (unpaired) electrons. The van der Waals surface area contributed by atoms with Crippen LogP contribution in [0.2, 0.25) is 0 Å². The summed E-state index contributed by atoms with van der Waals surface area (Å²) >= 11 is 0. The molecule has 0 bridgehead atoms. The summed E-state index contributed by atoms with van der Waals surface area (Å²) in [4.78, 5) is 10.8. The van der Waals surface area contributed by atoms with Crippen molar-refractivity contribution in [3.8, 4) is 50.8 Å². The van der Waals surface area contributed by atoms with Crippen LogP contribution in [0.3, 0.4) is 0 Å². The van der Waals surface area contributed by atoms with Crippen molar-refractivity contribution in [2.45, 2.75) is 0 Å². The molecule has 0 aliphatic heterocycles. The maximum Gasteiger partial charge on any atom is 0.235 e. The fourth-order valence-electron chi connectivity index (χ4n) is 11.5. The molecule has 0 saturated carbocycles. The maximum atomic E-state index is 5.47. The lowest BCUT2D eigenvalue weighted by atomic mass is 9.99. The maximum absolute atomic E-state index is 5.47. The summed E-state index contributed by atoms with van der Waals surface area (Å²) in [6, 6.07) is 89.8. The smallest absolute Gasteiger partial charge is 0.235 e. The molecule has 0 fully saturated rings. The summed E-state index contributed by atoms with van der Waals surface area (Å²) in [5, 5.41) is 10.6. The molecule has 11 aromatic carbocycles. The van der Waals surface area contributed by atoms with Gasteiger partial charge < -0.3 is 9.13 Å². The Morgan fingerprint density at radius 1 is 0.268 bits per heavy atom. The Balaban J connectivity index is 0.913. The zero-order valence-corrected chi connectivity index (χ0v) is 38.4. The summed E-state index contributed by atoms with van der Waals surface area (Å²) in [6.07, 6.45) is 0. The molecule has 0 N–H and O–H groups in total. The molecule has 5 heteroatoms. The average molecular weight is 904 g/mol. The van der Waals surface area contributed by atoms with Gasteiger partial charge in [-0.1, -0.05) is 182 Å². The predicted molar refractivity (Wildman–Crippen MR) is 296 cm³/mol. The van der Waals surface area contributed by atoms with Crippen molar-refractivity contribution in [2.24, 2.45) is 0 Å². The van der Waals surface area contributed by atoms with E-state index in [1.807, 2.05) is 0 Å². The number of fused-ring (bicyclic) bond motifs is 12. The van der Waals surface area contributed by atoms with E-state index in [9.17, 15) is 0 Å². The van der Waals surface area contributed by atoms with Gasteiger partial charge in [-0.05, 0) is 99.8 Å². The van der Waals surface area contributed by atoms with E-state index in [-0.39, 0.29) is 0 Å². The lowest BCUT2D eigenvalue weighted by molar-refractivity contribution is 1.01. The third kappa shape index (κ3) is 6.00. The van der Waals surface area contributed by atoms with Crippen LogP contribution in [0, 0.1) is 0 Å². The number of nitrogens with zero attached hydrogens (tertiary/aromatic N) is 5. The monoisotopic (exact) mass is 903 g/mol. The SMILES string of the molecule is c1ccc(-c2ccc(-c3cccc(-n4c5ccccc5c5c6c7ccccc7n(-c7ccc8c(c7)c7ccccc7n8-c7nc(-c8cccc9ccccc89)c8ccccc8n7)c6ccc54)c3)cc2)cc1. The van der Waals surface area contributed by atoms with Gasteiger partial charge >= 0.3 is 0 Å². The minimum absolute atomic E-state index is 0.646. The number of rotatable bonds is 6. The zero-order valence-electron chi connectivity index (χ0n) is 38.4. The largest absolute Gasteiger partial charge is 0.309 e. The molecule has 15 rings (SSSR count). The molecule has 0 aliphatic carbocycles. The van der Waals surface area contributed by atoms with Gasteiger partial charge in [-0.25, -0.2) is 9.97 Å². The minimum atomic E-state index is 0.646. The van der Waals surface area contributed by atoms with Crippen molar-refractivity contribution in [1.82, 2.24) is 23.7 Å². The molecule has 0 amide bonds. The lowest BCUT2D eigenvalue weighted by Gasteiger charge is -2.13. The van der Waals surface area contributed by atoms with E-state index in [2.05, 4.69) is 262 Å². The standard InChI is InChI=1S/C66H41N5/c1-2-16-42(17-3-1)43-32-34-44(35-33-43)46-20-14-21-47(40-46)69-58-30-12-8-25-53(58)63-61(69)38-39-62-64(63)54-26-9-13-31-59(54)70(62)48-36-37-60-55(41-48)50-23-7-11-29-57(50)71(60)66-67-56-28-10-6-24-52(56)65(68-66)51-27-15-19-45-18-4-5-22-49(45)51/h1-41H. The van der Waals surface area contributed by atoms with E-state index in [4.69, 9.17) is 9.97 Å². The highest BCUT2D eigenvalue weighted by Gasteiger charge is 2.23. The first-order chi connectivity index (χ1) is 35.2. The number of aromatic nitrogens is 5. The van der Waals surface area contributed by atoms with Crippen molar-refractivity contribution in [3.63, 3.8) is 0 Å². The molecule has 0 unspecified atom stereocenters. The quantitative estimate of drug-likeness (QED) is 0.167. The Morgan fingerprint density at radius 2 is 0.761 bits per heavy atom. The molecule has 0 saturated heterocycles. The van der Waals surface area contributed by atoms with Gasteiger partial charge in [-0.15, -0.1) is 0 Å². The van der Waals surface area contributed by atoms with Gasteiger partial charge in [0.25, 0.3) is 0 Å². The summed E-state index contributed by atoms with van der Waals surface area (Å²) in [6.45, 7) is 0. The van der Waals surface area contributed by atoms with Gasteiger partial charge in [0.15, 0.2) is 0 Å². The molecule has 15 aromatic rings. The first-order valence-corrected chi connectivity index (χ1v) is 24.2. The Labute approximate surface area is 408 Å². The van der Waals surface area contributed by atoms with Gasteiger partial charge in [0.1, 0.15) is 0 Å². The minimum Gasteiger partial charge on any atom is -0.309 e. The van der Waals surface area contributed by atoms with E-state index in [1.54, 1.807) is 0 Å². The number of benzene rings is 11. The second kappa shape index (κ2) is 15.5. The van der Waals surface area contributed by atoms with E-state index in [0.29, 0.717) is 5.95 Å². The average Bonchev–Trinajstić information content (AvgIpc) is 4.08. The van der Waals surface area contributed by atoms with Gasteiger partial charge in [-0.2, -0.15) is 0 Å². The van der Waals surface area contributed by atoms with Crippen LogP contribution in [0.1, 0.15) is 0 Å². The molecule has 0 aliphatic rings. The highest BCUT2D eigenvalue weighted by Crippen LogP contribution is 2.44. The summed E-state index contributed by atoms with van der Waals surface area (Å²) < 4.78 is 7.14. The Morgan fingerprint density at radius 3 is 1.48 bits per heavy atom. The van der Waals surface area contributed by atoms with Crippen molar-refractivity contribution in [1.29, 1.82) is 0 Å². The molecule has 4 aromatic heterocycles. The number of para-hydroxylation sites is 4. The fourth-order valence-corrected chi connectivity index (χ4v) is 11.5. The normalized spacial score (nSPS) is 11.9. The van der Waals surface area contributed by atoms with Crippen LogP contribution in [0.25, 0.3) is 138 Å². The van der Waals surface area contributed by atoms with Crippen LogP contribution in [0.15, 0.2) is 249 Å². The van der Waals surface area contributed by atoms with Gasteiger partial charge in [-0.3, -0.25) is 4.57 Å². The first-order valence-electron chi connectivity index (χ1n) is 24.2. The summed E-state index contributed by atoms with van der Waals surface area (Å²) in [5.41, 5.74) is 16.7. The molecule has 4 heterocycles. The van der Waals surface area contributed by atoms with Crippen molar-refractivity contribution >= 4 is 87.1 Å². The summed E-state index contributed by atoms with van der Waals surface area (Å²) in [7, 11) is 0. The van der Waals surface area contributed by atoms with Gasteiger partial charge in [0, 0.05) is 54.6 Å². The van der Waals surface area contributed by atoms with Gasteiger partial charge in [0.2, 0.25) is 5.95 Å². The third-order valence-corrected chi connectivity index (χ3v) is 14.7. The molecule has 0 atom stereocenters. The molecule has 0 spiro atoms. The molecule has 71 heavy (non-hydrogen) atoms. The number of hydrogen-bond donors (Lipinski definition) is 0. The van der Waals surface area contributed by atoms with Crippen LogP contribution >= 0.6 is 0 Å². The molecular weight excluding hydrogens is 863 g/mol. The highest BCUT2D eigenvalue weighted by atomic mass is 15.2. The van der Waals surface area contributed by atoms with E-state index in [1.165, 1.54) is 65.6 Å². The Bertz CT molecular complexity index is 4630. The lowest BCUT2D eigenvalue weighted by Crippen LogP contribution is -2.03. The summed E-state index contributed by atoms with van der Waals surface area (Å²) in [5.74, 6) is 0.646. The first kappa shape index (κ1) is 39.4. The number of hydrogen-bond acceptors (Lipinski definition) is 2. The van der Waals surface area contributed by atoms with Crippen LogP contribution in [0.4, 0.5) is 0 Å². The van der Waals surface area contributed by atoms with Crippen molar-refractivity contribution in [2.75, 3.05) is 0 Å². The van der Waals surface area contributed by atoms with Crippen LogP contribution in [-0.4, -0.2) is 23.7 Å². The second-order valence-electron chi connectivity index (χ2n) is 18.5. The third-order valence-electron chi connectivity index (χ3n) is 14.7. The van der Waals surface area contributed by atoms with Crippen molar-refractivity contribution < 1.29 is 0 Å².